The Morgan fingerprint density at radius 1 is 1.00 bits per heavy atom. The zero-order chi connectivity index (χ0) is 24.8. The minimum absolute atomic E-state index is 0.111. The minimum Gasteiger partial charge on any atom is -0.387 e. The number of rotatable bonds is 12. The first-order valence-electron chi connectivity index (χ1n) is 12.3. The summed E-state index contributed by atoms with van der Waals surface area (Å²) in [5.41, 5.74) is -0.594. The molecule has 4 unspecified atom stereocenters. The highest BCUT2D eigenvalue weighted by molar-refractivity contribution is 5.81. The molecule has 0 aromatic carbocycles. The topological polar surface area (TPSA) is 141 Å². The molecule has 1 aliphatic rings. The molecule has 1 aliphatic heterocycles. The second-order valence-corrected chi connectivity index (χ2v) is 8.88. The predicted molar refractivity (Wildman–Crippen MR) is 127 cm³/mol. The number of aromatic nitrogens is 4. The van der Waals surface area contributed by atoms with Crippen molar-refractivity contribution in [3.8, 4) is 0 Å². The van der Waals surface area contributed by atoms with Crippen LogP contribution in [-0.4, -0.2) is 60.2 Å². The molecule has 11 heteroatoms. The van der Waals surface area contributed by atoms with E-state index in [-0.39, 0.29) is 17.7 Å². The van der Waals surface area contributed by atoms with Crippen molar-refractivity contribution in [2.45, 2.75) is 103 Å². The number of carbonyl (C=O) groups is 1. The van der Waals surface area contributed by atoms with Crippen LogP contribution in [0.25, 0.3) is 11.2 Å². The summed E-state index contributed by atoms with van der Waals surface area (Å²) in [6.45, 7) is 4.90. The van der Waals surface area contributed by atoms with E-state index in [1.54, 1.807) is 0 Å². The van der Waals surface area contributed by atoms with Gasteiger partial charge >= 0.3 is 5.69 Å². The number of unbranched alkanes of at least 4 members (excludes halogenated alkanes) is 6. The van der Waals surface area contributed by atoms with E-state index < -0.39 is 41.7 Å². The first kappa shape index (κ1) is 26.1. The molecule has 3 N–H and O–H groups in total. The molecular weight excluding hydrogens is 442 g/mol. The summed E-state index contributed by atoms with van der Waals surface area (Å²) < 4.78 is 9.73. The molecule has 0 aliphatic carbocycles. The second kappa shape index (κ2) is 11.8. The first-order chi connectivity index (χ1) is 16.4. The standard InChI is InChI=1S/C23H37N5O6/c1-4-6-8-10-12-26-19-15(21(32)27(23(26)33)13-11-9-7-5-2)28(14-25-19)22-17(30)16(29)18(34-22)20(31)24-3/h14,16-18,22,29-30H,4-13H2,1-3H3,(H,24,31). The Morgan fingerprint density at radius 3 is 2.21 bits per heavy atom. The molecule has 11 nitrogen and oxygen atoms in total. The number of carbonyl (C=O) groups excluding carboxylic acids is 1. The van der Waals surface area contributed by atoms with Crippen LogP contribution >= 0.6 is 0 Å². The van der Waals surface area contributed by atoms with Gasteiger partial charge in [0.2, 0.25) is 0 Å². The van der Waals surface area contributed by atoms with E-state index in [1.165, 1.54) is 27.1 Å². The average molecular weight is 480 g/mol. The quantitative estimate of drug-likeness (QED) is 0.384. The van der Waals surface area contributed by atoms with Gasteiger partial charge in [-0.1, -0.05) is 52.4 Å². The SMILES string of the molecule is CCCCCCn1c(=O)c2c(ncn2C2OC(C(=O)NC)C(O)C2O)n(CCCCCC)c1=O. The molecule has 190 valence electrons. The van der Waals surface area contributed by atoms with Crippen molar-refractivity contribution in [3.63, 3.8) is 0 Å². The van der Waals surface area contributed by atoms with E-state index in [2.05, 4.69) is 24.1 Å². The van der Waals surface area contributed by atoms with Gasteiger partial charge in [0.15, 0.2) is 23.5 Å². The maximum Gasteiger partial charge on any atom is 0.332 e. The van der Waals surface area contributed by atoms with Gasteiger partial charge in [0.25, 0.3) is 11.5 Å². The van der Waals surface area contributed by atoms with E-state index in [0.29, 0.717) is 13.0 Å². The van der Waals surface area contributed by atoms with Crippen LogP contribution in [0.4, 0.5) is 0 Å². The lowest BCUT2D eigenvalue weighted by Crippen LogP contribution is -2.41. The number of nitrogens with one attached hydrogen (secondary N) is 1. The van der Waals surface area contributed by atoms with Gasteiger partial charge in [-0.2, -0.15) is 0 Å². The molecule has 0 spiro atoms. The van der Waals surface area contributed by atoms with E-state index >= 15 is 0 Å². The molecule has 3 heterocycles. The van der Waals surface area contributed by atoms with Crippen LogP contribution in [-0.2, 0) is 22.6 Å². The summed E-state index contributed by atoms with van der Waals surface area (Å²) in [7, 11) is 1.40. The maximum atomic E-state index is 13.4. The summed E-state index contributed by atoms with van der Waals surface area (Å²) in [5.74, 6) is -0.584. The number of nitrogens with zero attached hydrogens (tertiary/aromatic N) is 4. The van der Waals surface area contributed by atoms with Crippen molar-refractivity contribution in [1.82, 2.24) is 24.0 Å². The van der Waals surface area contributed by atoms with Crippen molar-refractivity contribution in [3.05, 3.63) is 27.2 Å². The maximum absolute atomic E-state index is 13.4. The molecule has 0 saturated carbocycles. The highest BCUT2D eigenvalue weighted by Crippen LogP contribution is 2.31. The van der Waals surface area contributed by atoms with Crippen molar-refractivity contribution < 1.29 is 19.7 Å². The molecule has 1 amide bonds. The number of hydrogen-bond donors (Lipinski definition) is 3. The Hall–Kier alpha value is -2.50. The molecule has 2 aromatic heterocycles. The van der Waals surface area contributed by atoms with Gasteiger partial charge in [0.1, 0.15) is 12.2 Å². The highest BCUT2D eigenvalue weighted by atomic mass is 16.6. The Balaban J connectivity index is 2.06. The van der Waals surface area contributed by atoms with Gasteiger partial charge in [-0.05, 0) is 12.8 Å². The number of ether oxygens (including phenoxy) is 1. The molecule has 2 aromatic rings. The molecule has 0 radical (unpaired) electrons. The third-order valence-corrected chi connectivity index (χ3v) is 6.43. The van der Waals surface area contributed by atoms with E-state index in [4.69, 9.17) is 4.74 Å². The third kappa shape index (κ3) is 5.11. The molecule has 3 rings (SSSR count). The summed E-state index contributed by atoms with van der Waals surface area (Å²) in [6.07, 6.45) is 3.37. The van der Waals surface area contributed by atoms with Gasteiger partial charge in [0.05, 0.1) is 6.33 Å². The Kier molecular flexibility index (Phi) is 9.03. The minimum atomic E-state index is -1.47. The Morgan fingerprint density at radius 2 is 1.62 bits per heavy atom. The van der Waals surface area contributed by atoms with E-state index in [9.17, 15) is 24.6 Å². The summed E-state index contributed by atoms with van der Waals surface area (Å²) in [6, 6.07) is 0. The number of likely N-dealkylation sites (N-methyl/N-ethyl adjacent to an activating group) is 1. The summed E-state index contributed by atoms with van der Waals surface area (Å²) in [4.78, 5) is 43.1. The van der Waals surface area contributed by atoms with Gasteiger partial charge in [-0.15, -0.1) is 0 Å². The number of amides is 1. The van der Waals surface area contributed by atoms with Crippen LogP contribution in [0.5, 0.6) is 0 Å². The molecule has 34 heavy (non-hydrogen) atoms. The monoisotopic (exact) mass is 479 g/mol. The number of fused-ring (bicyclic) bond motifs is 1. The van der Waals surface area contributed by atoms with E-state index in [0.717, 1.165) is 44.9 Å². The molecule has 1 saturated heterocycles. The van der Waals surface area contributed by atoms with Gasteiger partial charge in [0, 0.05) is 20.1 Å². The fourth-order valence-electron chi connectivity index (χ4n) is 4.44. The normalized spacial score (nSPS) is 22.5. The number of aryl methyl sites for hydroxylation is 1. The van der Waals surface area contributed by atoms with E-state index in [1.807, 2.05) is 0 Å². The number of aliphatic hydroxyl groups excluding tert-OH is 2. The van der Waals surface area contributed by atoms with Crippen molar-refractivity contribution in [2.75, 3.05) is 7.05 Å². The van der Waals surface area contributed by atoms with Crippen LogP contribution in [0.2, 0.25) is 0 Å². The lowest BCUT2D eigenvalue weighted by atomic mass is 10.1. The fraction of sp³-hybridized carbons (Fsp3) is 0.739. The largest absolute Gasteiger partial charge is 0.387 e. The number of imidazole rings is 1. The summed E-state index contributed by atoms with van der Waals surface area (Å²) >= 11 is 0. The average Bonchev–Trinajstić information content (AvgIpc) is 3.39. The Bertz CT molecular complexity index is 1090. The van der Waals surface area contributed by atoms with Crippen LogP contribution in [0.15, 0.2) is 15.9 Å². The molecule has 0 bridgehead atoms. The van der Waals surface area contributed by atoms with Crippen molar-refractivity contribution in [1.29, 1.82) is 0 Å². The molecule has 4 atom stereocenters. The summed E-state index contributed by atoms with van der Waals surface area (Å²) in [5, 5.41) is 23.3. The van der Waals surface area contributed by atoms with Crippen molar-refractivity contribution >= 4 is 17.1 Å². The van der Waals surface area contributed by atoms with Gasteiger partial charge < -0.3 is 20.3 Å². The van der Waals surface area contributed by atoms with Crippen molar-refractivity contribution in [2.24, 2.45) is 0 Å². The predicted octanol–water partition coefficient (Wildman–Crippen LogP) is 0.886. The number of hydrogen-bond acceptors (Lipinski definition) is 7. The van der Waals surface area contributed by atoms with Crippen LogP contribution < -0.4 is 16.6 Å². The zero-order valence-electron chi connectivity index (χ0n) is 20.3. The van der Waals surface area contributed by atoms with Gasteiger partial charge in [-0.25, -0.2) is 9.78 Å². The lowest BCUT2D eigenvalue weighted by molar-refractivity contribution is -0.137. The third-order valence-electron chi connectivity index (χ3n) is 6.43. The zero-order valence-corrected chi connectivity index (χ0v) is 20.3. The van der Waals surface area contributed by atoms with Gasteiger partial charge in [-0.3, -0.25) is 23.3 Å². The molecular formula is C23H37N5O6. The second-order valence-electron chi connectivity index (χ2n) is 8.88. The van der Waals surface area contributed by atoms with Crippen LogP contribution in [0.3, 0.4) is 0 Å². The Labute approximate surface area is 198 Å². The fourth-order valence-corrected chi connectivity index (χ4v) is 4.44. The smallest absolute Gasteiger partial charge is 0.332 e. The lowest BCUT2D eigenvalue weighted by Gasteiger charge is -2.18. The van der Waals surface area contributed by atoms with Crippen LogP contribution in [0.1, 0.15) is 71.4 Å². The number of aliphatic hydroxyl groups is 2. The highest BCUT2D eigenvalue weighted by Gasteiger charge is 2.47. The van der Waals surface area contributed by atoms with Crippen LogP contribution in [0, 0.1) is 0 Å². The first-order valence-corrected chi connectivity index (χ1v) is 12.3. The molecule has 1 fully saturated rings.